The van der Waals surface area contributed by atoms with E-state index in [4.69, 9.17) is 4.52 Å². The first-order chi connectivity index (χ1) is 9.17. The highest BCUT2D eigenvalue weighted by Gasteiger charge is 2.10. The largest absolute Gasteiger partial charge is 0.339 e. The van der Waals surface area contributed by atoms with Crippen LogP contribution >= 0.6 is 27.7 Å². The average Bonchev–Trinajstić information content (AvgIpc) is 2.85. The van der Waals surface area contributed by atoms with Gasteiger partial charge in [-0.25, -0.2) is 0 Å². The maximum atomic E-state index is 11.3. The molecular weight excluding hydrogens is 328 g/mol. The van der Waals surface area contributed by atoms with E-state index in [1.165, 1.54) is 0 Å². The van der Waals surface area contributed by atoms with Gasteiger partial charge in [0.2, 0.25) is 5.89 Å². The third kappa shape index (κ3) is 4.47. The van der Waals surface area contributed by atoms with E-state index < -0.39 is 0 Å². The average molecular weight is 341 g/mol. The molecule has 1 heterocycles. The second-order valence-electron chi connectivity index (χ2n) is 3.92. The second-order valence-corrected chi connectivity index (χ2v) is 5.88. The van der Waals surface area contributed by atoms with Crippen LogP contribution in [0.3, 0.4) is 0 Å². The van der Waals surface area contributed by atoms with Crippen molar-refractivity contribution in [2.24, 2.45) is 0 Å². The summed E-state index contributed by atoms with van der Waals surface area (Å²) in [7, 11) is 0. The van der Waals surface area contributed by atoms with Gasteiger partial charge in [-0.3, -0.25) is 4.79 Å². The molecule has 1 aromatic carbocycles. The Kier molecular flexibility index (Phi) is 5.15. The van der Waals surface area contributed by atoms with Crippen molar-refractivity contribution < 1.29 is 9.32 Å². The Morgan fingerprint density at radius 1 is 1.37 bits per heavy atom. The normalized spacial score (nSPS) is 10.6. The SMILES string of the molecule is CCC(=O)Cc1nc(CSc2ccc(Br)cc2)no1. The lowest BCUT2D eigenvalue weighted by Gasteiger charge is -1.97. The van der Waals surface area contributed by atoms with Crippen molar-refractivity contribution >= 4 is 33.5 Å². The van der Waals surface area contributed by atoms with Gasteiger partial charge >= 0.3 is 0 Å². The van der Waals surface area contributed by atoms with Crippen molar-refractivity contribution in [2.45, 2.75) is 30.4 Å². The lowest BCUT2D eigenvalue weighted by molar-refractivity contribution is -0.118. The van der Waals surface area contributed by atoms with Gasteiger partial charge < -0.3 is 4.52 Å². The molecule has 2 aromatic rings. The van der Waals surface area contributed by atoms with Crippen LogP contribution in [0.15, 0.2) is 38.2 Å². The van der Waals surface area contributed by atoms with E-state index in [1.807, 2.05) is 31.2 Å². The van der Waals surface area contributed by atoms with E-state index in [1.54, 1.807) is 11.8 Å². The molecule has 0 atom stereocenters. The molecule has 0 N–H and O–H groups in total. The number of aromatic nitrogens is 2. The van der Waals surface area contributed by atoms with Crippen LogP contribution < -0.4 is 0 Å². The van der Waals surface area contributed by atoms with Crippen molar-refractivity contribution in [3.63, 3.8) is 0 Å². The Morgan fingerprint density at radius 2 is 2.11 bits per heavy atom. The summed E-state index contributed by atoms with van der Waals surface area (Å²) in [5, 5.41) is 3.87. The van der Waals surface area contributed by atoms with Crippen LogP contribution in [0.1, 0.15) is 25.1 Å². The van der Waals surface area contributed by atoms with Crippen LogP contribution in [-0.2, 0) is 17.0 Å². The first kappa shape index (κ1) is 14.3. The number of Topliss-reactive ketones (excluding diaryl/α,β-unsaturated/α-hetero) is 1. The van der Waals surface area contributed by atoms with Crippen LogP contribution in [0.5, 0.6) is 0 Å². The third-order valence-electron chi connectivity index (χ3n) is 2.43. The molecule has 6 heteroatoms. The van der Waals surface area contributed by atoms with Gasteiger partial charge in [-0.1, -0.05) is 28.0 Å². The lowest BCUT2D eigenvalue weighted by Crippen LogP contribution is -2.00. The van der Waals surface area contributed by atoms with Gasteiger partial charge in [0.15, 0.2) is 5.82 Å². The fraction of sp³-hybridized carbons (Fsp3) is 0.308. The number of carbonyl (C=O) groups is 1. The molecule has 0 unspecified atom stereocenters. The molecule has 19 heavy (non-hydrogen) atoms. The molecule has 0 spiro atoms. The van der Waals surface area contributed by atoms with Gasteiger partial charge in [0.05, 0.1) is 12.2 Å². The molecule has 0 bridgehead atoms. The zero-order valence-electron chi connectivity index (χ0n) is 10.4. The number of benzene rings is 1. The van der Waals surface area contributed by atoms with E-state index in [0.717, 1.165) is 9.37 Å². The Morgan fingerprint density at radius 3 is 2.79 bits per heavy atom. The molecular formula is C13H13BrN2O2S. The van der Waals surface area contributed by atoms with Gasteiger partial charge in [-0.05, 0) is 24.3 Å². The number of rotatable bonds is 6. The summed E-state index contributed by atoms with van der Waals surface area (Å²) in [6.07, 6.45) is 0.720. The maximum Gasteiger partial charge on any atom is 0.234 e. The molecule has 2 rings (SSSR count). The van der Waals surface area contributed by atoms with Crippen LogP contribution in [-0.4, -0.2) is 15.9 Å². The standard InChI is InChI=1S/C13H13BrN2O2S/c1-2-10(17)7-13-15-12(16-18-13)8-19-11-5-3-9(14)4-6-11/h3-6H,2,7-8H2,1H3. The molecule has 1 aromatic heterocycles. The van der Waals surface area contributed by atoms with Crippen molar-refractivity contribution in [3.05, 3.63) is 40.5 Å². The first-order valence-corrected chi connectivity index (χ1v) is 7.66. The van der Waals surface area contributed by atoms with Gasteiger partial charge in [0.1, 0.15) is 5.78 Å². The molecule has 0 radical (unpaired) electrons. The van der Waals surface area contributed by atoms with Gasteiger partial charge in [-0.15, -0.1) is 11.8 Å². The monoisotopic (exact) mass is 340 g/mol. The summed E-state index contributed by atoms with van der Waals surface area (Å²) in [5.41, 5.74) is 0. The molecule has 0 amide bonds. The van der Waals surface area contributed by atoms with Gasteiger partial charge in [0.25, 0.3) is 0 Å². The number of halogens is 1. The zero-order valence-corrected chi connectivity index (χ0v) is 12.8. The third-order valence-corrected chi connectivity index (χ3v) is 3.97. The summed E-state index contributed by atoms with van der Waals surface area (Å²) in [6.45, 7) is 1.82. The molecule has 0 aliphatic heterocycles. The highest BCUT2D eigenvalue weighted by molar-refractivity contribution is 9.10. The van der Waals surface area contributed by atoms with Gasteiger partial charge in [0, 0.05) is 15.8 Å². The quantitative estimate of drug-likeness (QED) is 0.751. The topological polar surface area (TPSA) is 56.0 Å². The number of hydrogen-bond donors (Lipinski definition) is 0. The second kappa shape index (κ2) is 6.86. The van der Waals surface area contributed by atoms with Crippen LogP contribution in [0.2, 0.25) is 0 Å². The number of ketones is 1. The molecule has 0 fully saturated rings. The lowest BCUT2D eigenvalue weighted by atomic mass is 10.2. The molecule has 0 saturated carbocycles. The molecule has 4 nitrogen and oxygen atoms in total. The molecule has 100 valence electrons. The maximum absolute atomic E-state index is 11.3. The highest BCUT2D eigenvalue weighted by Crippen LogP contribution is 2.23. The van der Waals surface area contributed by atoms with Crippen LogP contribution in [0, 0.1) is 0 Å². The predicted molar refractivity (Wildman–Crippen MR) is 77.0 cm³/mol. The summed E-state index contributed by atoms with van der Waals surface area (Å²) >= 11 is 5.02. The summed E-state index contributed by atoms with van der Waals surface area (Å²) in [4.78, 5) is 16.6. The van der Waals surface area contributed by atoms with E-state index in [-0.39, 0.29) is 12.2 Å². The summed E-state index contributed by atoms with van der Waals surface area (Å²) in [5.74, 6) is 1.76. The summed E-state index contributed by atoms with van der Waals surface area (Å²) < 4.78 is 6.09. The van der Waals surface area contributed by atoms with E-state index in [9.17, 15) is 4.79 Å². The van der Waals surface area contributed by atoms with Crippen molar-refractivity contribution in [1.82, 2.24) is 10.1 Å². The first-order valence-electron chi connectivity index (χ1n) is 5.89. The molecule has 0 aliphatic rings. The number of carbonyl (C=O) groups excluding carboxylic acids is 1. The Bertz CT molecular complexity index is 554. The minimum Gasteiger partial charge on any atom is -0.339 e. The molecule has 0 aliphatic carbocycles. The Hall–Kier alpha value is -1.14. The number of thioether (sulfide) groups is 1. The highest BCUT2D eigenvalue weighted by atomic mass is 79.9. The van der Waals surface area contributed by atoms with Crippen molar-refractivity contribution in [3.8, 4) is 0 Å². The number of hydrogen-bond acceptors (Lipinski definition) is 5. The van der Waals surface area contributed by atoms with Crippen molar-refractivity contribution in [2.75, 3.05) is 0 Å². The fourth-order valence-corrected chi connectivity index (χ4v) is 2.40. The van der Waals surface area contributed by atoms with Crippen LogP contribution in [0.4, 0.5) is 0 Å². The fourth-order valence-electron chi connectivity index (χ4n) is 1.39. The minimum absolute atomic E-state index is 0.107. The smallest absolute Gasteiger partial charge is 0.234 e. The Balaban J connectivity index is 1.89. The van der Waals surface area contributed by atoms with E-state index in [2.05, 4.69) is 26.1 Å². The number of nitrogens with zero attached hydrogens (tertiary/aromatic N) is 2. The van der Waals surface area contributed by atoms with Crippen molar-refractivity contribution in [1.29, 1.82) is 0 Å². The van der Waals surface area contributed by atoms with E-state index >= 15 is 0 Å². The Labute approximate surface area is 124 Å². The molecule has 0 saturated heterocycles. The van der Waals surface area contributed by atoms with Crippen LogP contribution in [0.25, 0.3) is 0 Å². The zero-order chi connectivity index (χ0) is 13.7. The predicted octanol–water partition coefficient (Wildman–Crippen LogP) is 3.65. The minimum atomic E-state index is 0.107. The van der Waals surface area contributed by atoms with Gasteiger partial charge in [-0.2, -0.15) is 4.98 Å². The van der Waals surface area contributed by atoms with E-state index in [0.29, 0.717) is 23.9 Å². The summed E-state index contributed by atoms with van der Waals surface area (Å²) in [6, 6.07) is 8.03.